The molecule has 61 heavy (non-hydrogen) atoms. The summed E-state index contributed by atoms with van der Waals surface area (Å²) in [6.45, 7) is 0. The molecule has 0 N–H and O–H groups in total. The molecule has 0 saturated carbocycles. The Kier molecular flexibility index (Phi) is 8.39. The van der Waals surface area contributed by atoms with Crippen LogP contribution in [-0.4, -0.2) is 0 Å². The molecule has 0 fully saturated rings. The molecule has 12 aromatic rings. The molecule has 286 valence electrons. The molecule has 2 heterocycles. The molecule has 0 aliphatic heterocycles. The number of para-hydroxylation sites is 1. The number of hydrogen-bond donors (Lipinski definition) is 0. The van der Waals surface area contributed by atoms with E-state index in [1.54, 1.807) is 0 Å². The third kappa shape index (κ3) is 6.09. The van der Waals surface area contributed by atoms with E-state index in [0.717, 1.165) is 39.0 Å². The molecule has 12 rings (SSSR count). The summed E-state index contributed by atoms with van der Waals surface area (Å²) in [5.41, 5.74) is 14.8. The van der Waals surface area contributed by atoms with E-state index in [1.165, 1.54) is 75.5 Å². The van der Waals surface area contributed by atoms with Crippen molar-refractivity contribution >= 4 is 81.3 Å². The first-order chi connectivity index (χ1) is 30.2. The van der Waals surface area contributed by atoms with Gasteiger partial charge in [-0.25, -0.2) is 0 Å². The van der Waals surface area contributed by atoms with Gasteiger partial charge in [-0.15, -0.1) is 11.3 Å². The predicted molar refractivity (Wildman–Crippen MR) is 261 cm³/mol. The van der Waals surface area contributed by atoms with Gasteiger partial charge in [-0.1, -0.05) is 176 Å². The maximum Gasteiger partial charge on any atom is 0.135 e. The first-order valence-corrected chi connectivity index (χ1v) is 21.6. The molecule has 10 aromatic carbocycles. The average molecular weight is 796 g/mol. The number of thiophene rings is 1. The zero-order chi connectivity index (χ0) is 40.3. The standard InChI is InChI=1S/C58H37NOS/c1-2-11-42(12-3-1)49-18-9-19-51-52-20-10-21-54(58(52)61-57(49)51)59(46-34-29-43(30-35-46)48-17-8-14-41-13-4-5-15-47(41)48)45-32-27-39(28-33-45)38-23-25-40(26-24-38)44-31-36-56-53(37-44)50-16-6-7-22-55(50)60-56/h1-37H. The number of nitrogens with zero attached hydrogens (tertiary/aromatic N) is 1. The minimum absolute atomic E-state index is 0.914. The van der Waals surface area contributed by atoms with Gasteiger partial charge < -0.3 is 9.32 Å². The summed E-state index contributed by atoms with van der Waals surface area (Å²) < 4.78 is 8.66. The summed E-state index contributed by atoms with van der Waals surface area (Å²) >= 11 is 1.88. The molecule has 0 bridgehead atoms. The van der Waals surface area contributed by atoms with Crippen molar-refractivity contribution in [2.45, 2.75) is 0 Å². The lowest BCUT2D eigenvalue weighted by molar-refractivity contribution is 0.669. The lowest BCUT2D eigenvalue weighted by Gasteiger charge is -2.26. The van der Waals surface area contributed by atoms with Gasteiger partial charge in [0.25, 0.3) is 0 Å². The smallest absolute Gasteiger partial charge is 0.135 e. The average Bonchev–Trinajstić information content (AvgIpc) is 3.91. The monoisotopic (exact) mass is 795 g/mol. The van der Waals surface area contributed by atoms with Gasteiger partial charge in [-0.05, 0) is 104 Å². The zero-order valence-electron chi connectivity index (χ0n) is 33.1. The fraction of sp³-hybridized carbons (Fsp3) is 0. The Morgan fingerprint density at radius 3 is 1.59 bits per heavy atom. The molecule has 0 unspecified atom stereocenters. The Bertz CT molecular complexity index is 3560. The van der Waals surface area contributed by atoms with E-state index in [1.807, 2.05) is 23.5 Å². The van der Waals surface area contributed by atoms with E-state index in [2.05, 4.69) is 217 Å². The number of fused-ring (bicyclic) bond motifs is 7. The van der Waals surface area contributed by atoms with Crippen molar-refractivity contribution < 1.29 is 4.42 Å². The molecule has 3 heteroatoms. The maximum atomic E-state index is 6.09. The van der Waals surface area contributed by atoms with Crippen molar-refractivity contribution in [3.05, 3.63) is 224 Å². The molecule has 0 aliphatic carbocycles. The first kappa shape index (κ1) is 35.2. The zero-order valence-corrected chi connectivity index (χ0v) is 33.9. The van der Waals surface area contributed by atoms with Crippen LogP contribution in [0.5, 0.6) is 0 Å². The highest BCUT2D eigenvalue weighted by Gasteiger charge is 2.20. The van der Waals surface area contributed by atoms with Crippen molar-refractivity contribution in [1.29, 1.82) is 0 Å². The fourth-order valence-corrected chi connectivity index (χ4v) is 10.4. The third-order valence-corrected chi connectivity index (χ3v) is 13.4. The van der Waals surface area contributed by atoms with Crippen LogP contribution in [0.4, 0.5) is 17.1 Å². The van der Waals surface area contributed by atoms with Crippen molar-refractivity contribution in [3.63, 3.8) is 0 Å². The summed E-state index contributed by atoms with van der Waals surface area (Å²) in [6, 6.07) is 81.2. The quantitative estimate of drug-likeness (QED) is 0.160. The van der Waals surface area contributed by atoms with Crippen molar-refractivity contribution in [3.8, 4) is 44.5 Å². The molecule has 0 amide bonds. The van der Waals surface area contributed by atoms with E-state index < -0.39 is 0 Å². The van der Waals surface area contributed by atoms with Crippen LogP contribution in [-0.2, 0) is 0 Å². The second-order valence-corrected chi connectivity index (χ2v) is 16.7. The van der Waals surface area contributed by atoms with E-state index in [4.69, 9.17) is 4.42 Å². The second-order valence-electron chi connectivity index (χ2n) is 15.6. The molecule has 0 aliphatic rings. The summed E-state index contributed by atoms with van der Waals surface area (Å²) in [7, 11) is 0. The van der Waals surface area contributed by atoms with Gasteiger partial charge in [0.15, 0.2) is 0 Å². The van der Waals surface area contributed by atoms with E-state index in [0.29, 0.717) is 0 Å². The highest BCUT2D eigenvalue weighted by atomic mass is 32.1. The third-order valence-electron chi connectivity index (χ3n) is 12.1. The molecule has 2 nitrogen and oxygen atoms in total. The molecule has 0 atom stereocenters. The van der Waals surface area contributed by atoms with Gasteiger partial charge in [-0.2, -0.15) is 0 Å². The Labute approximate surface area is 357 Å². The molecule has 2 aromatic heterocycles. The van der Waals surface area contributed by atoms with Gasteiger partial charge in [0, 0.05) is 37.6 Å². The first-order valence-electron chi connectivity index (χ1n) is 20.7. The number of rotatable bonds is 7. The van der Waals surface area contributed by atoms with Crippen LogP contribution in [0.3, 0.4) is 0 Å². The van der Waals surface area contributed by atoms with Crippen LogP contribution in [0, 0.1) is 0 Å². The molecular formula is C58H37NOS. The number of hydrogen-bond acceptors (Lipinski definition) is 3. The highest BCUT2D eigenvalue weighted by molar-refractivity contribution is 7.27. The largest absolute Gasteiger partial charge is 0.456 e. The van der Waals surface area contributed by atoms with Crippen LogP contribution < -0.4 is 4.90 Å². The van der Waals surface area contributed by atoms with Crippen molar-refractivity contribution in [2.24, 2.45) is 0 Å². The van der Waals surface area contributed by atoms with Gasteiger partial charge in [0.1, 0.15) is 11.2 Å². The fourth-order valence-electron chi connectivity index (χ4n) is 9.08. The summed E-state index contributed by atoms with van der Waals surface area (Å²) in [4.78, 5) is 2.43. The summed E-state index contributed by atoms with van der Waals surface area (Å²) in [6.07, 6.45) is 0. The number of benzene rings is 10. The highest BCUT2D eigenvalue weighted by Crippen LogP contribution is 2.47. The molecule has 0 radical (unpaired) electrons. The van der Waals surface area contributed by atoms with Crippen LogP contribution in [0.25, 0.3) is 97.4 Å². The Morgan fingerprint density at radius 2 is 0.820 bits per heavy atom. The molecular weight excluding hydrogens is 759 g/mol. The van der Waals surface area contributed by atoms with Crippen LogP contribution in [0.15, 0.2) is 229 Å². The lowest BCUT2D eigenvalue weighted by atomic mass is 9.98. The van der Waals surface area contributed by atoms with Crippen LogP contribution >= 0.6 is 11.3 Å². The van der Waals surface area contributed by atoms with E-state index >= 15 is 0 Å². The van der Waals surface area contributed by atoms with Gasteiger partial charge in [-0.3, -0.25) is 0 Å². The SMILES string of the molecule is c1ccc(-c2cccc3c2sc2c(N(c4ccc(-c5ccc(-c6ccc7oc8ccccc8c7c6)cc5)cc4)c4ccc(-c5cccc6ccccc56)cc4)cccc23)cc1. The number of anilines is 3. The maximum absolute atomic E-state index is 6.09. The van der Waals surface area contributed by atoms with E-state index in [-0.39, 0.29) is 0 Å². The van der Waals surface area contributed by atoms with Crippen molar-refractivity contribution in [1.82, 2.24) is 0 Å². The van der Waals surface area contributed by atoms with Gasteiger partial charge >= 0.3 is 0 Å². The van der Waals surface area contributed by atoms with Crippen molar-refractivity contribution in [2.75, 3.05) is 4.90 Å². The predicted octanol–water partition coefficient (Wildman–Crippen LogP) is 17.2. The lowest BCUT2D eigenvalue weighted by Crippen LogP contribution is -2.10. The Morgan fingerprint density at radius 1 is 0.311 bits per heavy atom. The second kappa shape index (κ2) is 14.5. The summed E-state index contributed by atoms with van der Waals surface area (Å²) in [5.74, 6) is 0. The Balaban J connectivity index is 0.943. The van der Waals surface area contributed by atoms with Crippen LogP contribution in [0.1, 0.15) is 0 Å². The topological polar surface area (TPSA) is 16.4 Å². The normalized spacial score (nSPS) is 11.6. The minimum Gasteiger partial charge on any atom is -0.456 e. The van der Waals surface area contributed by atoms with E-state index in [9.17, 15) is 0 Å². The van der Waals surface area contributed by atoms with Gasteiger partial charge in [0.05, 0.1) is 10.4 Å². The molecule has 0 saturated heterocycles. The number of furan rings is 1. The minimum atomic E-state index is 0.914. The van der Waals surface area contributed by atoms with Crippen LogP contribution in [0.2, 0.25) is 0 Å². The summed E-state index contributed by atoms with van der Waals surface area (Å²) in [5, 5.41) is 7.34. The Hall–Kier alpha value is -7.72. The van der Waals surface area contributed by atoms with Gasteiger partial charge in [0.2, 0.25) is 0 Å². The molecule has 0 spiro atoms.